The lowest BCUT2D eigenvalue weighted by atomic mass is 10.2. The Morgan fingerprint density at radius 2 is 2.12 bits per heavy atom. The Hall–Kier alpha value is -0.620. The molecule has 92 valence electrons. The van der Waals surface area contributed by atoms with Crippen molar-refractivity contribution in [3.63, 3.8) is 0 Å². The molecule has 1 N–H and O–H groups in total. The van der Waals surface area contributed by atoms with Crippen molar-refractivity contribution in [1.29, 1.82) is 0 Å². The summed E-state index contributed by atoms with van der Waals surface area (Å²) in [5.74, 6) is 0. The van der Waals surface area contributed by atoms with Gasteiger partial charge in [-0.1, -0.05) is 18.5 Å². The second-order valence-corrected chi connectivity index (χ2v) is 3.79. The van der Waals surface area contributed by atoms with Crippen LogP contribution < -0.4 is 0 Å². The molecule has 0 aliphatic carbocycles. The van der Waals surface area contributed by atoms with E-state index in [4.69, 9.17) is 21.1 Å². The van der Waals surface area contributed by atoms with Crippen LogP contribution in [0.1, 0.15) is 25.1 Å². The third kappa shape index (κ3) is 2.74. The van der Waals surface area contributed by atoms with Crippen LogP contribution in [0.4, 0.5) is 0 Å². The van der Waals surface area contributed by atoms with E-state index in [-0.39, 0.29) is 0 Å². The fraction of sp³-hybridized carbons (Fsp3) is 0.700. The molecular formula is C10H17ClN2O3. The second kappa shape index (κ2) is 6.20. The monoisotopic (exact) mass is 248 g/mol. The molecule has 0 amide bonds. The van der Waals surface area contributed by atoms with E-state index in [1.165, 1.54) is 20.4 Å². The summed E-state index contributed by atoms with van der Waals surface area (Å²) in [5, 5.41) is 14.6. The van der Waals surface area contributed by atoms with Crippen LogP contribution in [0.15, 0.2) is 6.20 Å². The summed E-state index contributed by atoms with van der Waals surface area (Å²) in [5.41, 5.74) is 0.525. The first-order valence-electron chi connectivity index (χ1n) is 5.10. The third-order valence-corrected chi connectivity index (χ3v) is 2.56. The van der Waals surface area contributed by atoms with Gasteiger partial charge < -0.3 is 14.6 Å². The first kappa shape index (κ1) is 13.4. The van der Waals surface area contributed by atoms with E-state index in [1.54, 1.807) is 4.68 Å². The normalized spacial score (nSPS) is 13.4. The van der Waals surface area contributed by atoms with E-state index >= 15 is 0 Å². The highest BCUT2D eigenvalue weighted by Crippen LogP contribution is 2.26. The Morgan fingerprint density at radius 1 is 1.50 bits per heavy atom. The molecule has 6 heteroatoms. The number of aliphatic hydroxyl groups is 1. The summed E-state index contributed by atoms with van der Waals surface area (Å²) in [4.78, 5) is 0. The standard InChI is InChI=1S/C10H17ClN2O3/c1-4-5-13-8(7(11)6-12-13)9(14)10(15-2)16-3/h6,9-10,14H,4-5H2,1-3H3. The molecule has 1 aromatic heterocycles. The third-order valence-electron chi connectivity index (χ3n) is 2.27. The van der Waals surface area contributed by atoms with Crippen molar-refractivity contribution in [2.75, 3.05) is 14.2 Å². The van der Waals surface area contributed by atoms with Crippen LogP contribution in [0, 0.1) is 0 Å². The van der Waals surface area contributed by atoms with Gasteiger partial charge in [0, 0.05) is 20.8 Å². The van der Waals surface area contributed by atoms with Gasteiger partial charge in [0.1, 0.15) is 6.10 Å². The molecule has 16 heavy (non-hydrogen) atoms. The molecule has 0 radical (unpaired) electrons. The number of aryl methyl sites for hydroxylation is 1. The number of rotatable bonds is 6. The van der Waals surface area contributed by atoms with Crippen LogP contribution in [0.5, 0.6) is 0 Å². The van der Waals surface area contributed by atoms with E-state index in [9.17, 15) is 5.11 Å². The predicted octanol–water partition coefficient (Wildman–Crippen LogP) is 1.60. The van der Waals surface area contributed by atoms with Crippen molar-refractivity contribution in [1.82, 2.24) is 9.78 Å². The van der Waals surface area contributed by atoms with Gasteiger partial charge in [-0.3, -0.25) is 4.68 Å². The molecule has 0 bridgehead atoms. The van der Waals surface area contributed by atoms with Crippen molar-refractivity contribution in [2.24, 2.45) is 0 Å². The van der Waals surface area contributed by atoms with Gasteiger partial charge in [0.2, 0.25) is 0 Å². The number of hydrogen-bond donors (Lipinski definition) is 1. The number of halogens is 1. The van der Waals surface area contributed by atoms with E-state index in [1.807, 2.05) is 6.92 Å². The van der Waals surface area contributed by atoms with Crippen LogP contribution in [0.25, 0.3) is 0 Å². The summed E-state index contributed by atoms with van der Waals surface area (Å²) < 4.78 is 11.7. The molecule has 0 aromatic carbocycles. The lowest BCUT2D eigenvalue weighted by molar-refractivity contribution is -0.168. The lowest BCUT2D eigenvalue weighted by Gasteiger charge is -2.21. The fourth-order valence-corrected chi connectivity index (χ4v) is 1.79. The summed E-state index contributed by atoms with van der Waals surface area (Å²) >= 11 is 5.98. The van der Waals surface area contributed by atoms with Gasteiger partial charge in [-0.25, -0.2) is 0 Å². The van der Waals surface area contributed by atoms with Crippen LogP contribution in [0.3, 0.4) is 0 Å². The molecular weight excluding hydrogens is 232 g/mol. The van der Waals surface area contributed by atoms with E-state index in [0.717, 1.165) is 6.42 Å². The average molecular weight is 249 g/mol. The summed E-state index contributed by atoms with van der Waals surface area (Å²) in [6, 6.07) is 0. The maximum Gasteiger partial charge on any atom is 0.188 e. The zero-order valence-electron chi connectivity index (χ0n) is 9.68. The molecule has 5 nitrogen and oxygen atoms in total. The molecule has 1 aromatic rings. The highest BCUT2D eigenvalue weighted by Gasteiger charge is 2.26. The SMILES string of the molecule is CCCn1ncc(Cl)c1C(O)C(OC)OC. The fourth-order valence-electron chi connectivity index (χ4n) is 1.54. The van der Waals surface area contributed by atoms with Crippen molar-refractivity contribution in [3.05, 3.63) is 16.9 Å². The van der Waals surface area contributed by atoms with Crippen molar-refractivity contribution in [3.8, 4) is 0 Å². The largest absolute Gasteiger partial charge is 0.381 e. The molecule has 0 aliphatic rings. The van der Waals surface area contributed by atoms with Crippen molar-refractivity contribution < 1.29 is 14.6 Å². The summed E-state index contributed by atoms with van der Waals surface area (Å²) in [6.07, 6.45) is 0.724. The Balaban J connectivity index is 2.95. The zero-order valence-corrected chi connectivity index (χ0v) is 10.4. The first-order chi connectivity index (χ1) is 7.65. The zero-order chi connectivity index (χ0) is 12.1. The number of aromatic nitrogens is 2. The molecule has 1 unspecified atom stereocenters. The predicted molar refractivity (Wildman–Crippen MR) is 60.3 cm³/mol. The van der Waals surface area contributed by atoms with Gasteiger partial charge in [-0.15, -0.1) is 0 Å². The van der Waals surface area contributed by atoms with E-state index in [0.29, 0.717) is 17.3 Å². The van der Waals surface area contributed by atoms with Crippen LogP contribution in [0.2, 0.25) is 5.02 Å². The Kier molecular flexibility index (Phi) is 5.21. The summed E-state index contributed by atoms with van der Waals surface area (Å²) in [6.45, 7) is 2.72. The van der Waals surface area contributed by atoms with Gasteiger partial charge >= 0.3 is 0 Å². The van der Waals surface area contributed by atoms with E-state index in [2.05, 4.69) is 5.10 Å². The minimum atomic E-state index is -0.948. The minimum Gasteiger partial charge on any atom is -0.381 e. The van der Waals surface area contributed by atoms with Gasteiger partial charge in [0.05, 0.1) is 16.9 Å². The van der Waals surface area contributed by atoms with Gasteiger partial charge in [0.15, 0.2) is 6.29 Å². The number of hydrogen-bond acceptors (Lipinski definition) is 4. The summed E-state index contributed by atoms with van der Waals surface area (Å²) in [7, 11) is 2.93. The lowest BCUT2D eigenvalue weighted by Crippen LogP contribution is -2.25. The molecule has 1 rings (SSSR count). The maximum atomic E-state index is 10.1. The molecule has 0 fully saturated rings. The smallest absolute Gasteiger partial charge is 0.188 e. The van der Waals surface area contributed by atoms with Crippen LogP contribution in [-0.4, -0.2) is 35.4 Å². The molecule has 1 heterocycles. The molecule has 1 atom stereocenters. The van der Waals surface area contributed by atoms with Crippen molar-refractivity contribution in [2.45, 2.75) is 32.3 Å². The maximum absolute atomic E-state index is 10.1. The van der Waals surface area contributed by atoms with Gasteiger partial charge in [-0.05, 0) is 6.42 Å². The average Bonchev–Trinajstić information content (AvgIpc) is 2.62. The Bertz CT molecular complexity index is 326. The molecule has 0 saturated carbocycles. The Labute approximate surface area is 99.9 Å². The number of aliphatic hydroxyl groups excluding tert-OH is 1. The van der Waals surface area contributed by atoms with Crippen LogP contribution >= 0.6 is 11.6 Å². The topological polar surface area (TPSA) is 56.5 Å². The molecule has 0 saturated heterocycles. The minimum absolute atomic E-state index is 0.417. The Morgan fingerprint density at radius 3 is 2.62 bits per heavy atom. The number of ether oxygens (including phenoxy) is 2. The number of nitrogens with zero attached hydrogens (tertiary/aromatic N) is 2. The van der Waals surface area contributed by atoms with Crippen molar-refractivity contribution >= 4 is 11.6 Å². The quantitative estimate of drug-likeness (QED) is 0.777. The highest BCUT2D eigenvalue weighted by molar-refractivity contribution is 6.31. The first-order valence-corrected chi connectivity index (χ1v) is 5.48. The van der Waals surface area contributed by atoms with Gasteiger partial charge in [0.25, 0.3) is 0 Å². The molecule has 0 aliphatic heterocycles. The van der Waals surface area contributed by atoms with E-state index < -0.39 is 12.4 Å². The van der Waals surface area contributed by atoms with Crippen LogP contribution in [-0.2, 0) is 16.0 Å². The second-order valence-electron chi connectivity index (χ2n) is 3.39. The number of methoxy groups -OCH3 is 2. The highest BCUT2D eigenvalue weighted by atomic mass is 35.5. The van der Waals surface area contributed by atoms with Gasteiger partial charge in [-0.2, -0.15) is 5.10 Å². The molecule has 0 spiro atoms.